The molecule has 92 valence electrons. The summed E-state index contributed by atoms with van der Waals surface area (Å²) in [5.74, 6) is -0.00706. The molecule has 5 nitrogen and oxygen atoms in total. The fourth-order valence-electron chi connectivity index (χ4n) is 1.40. The molecule has 1 unspecified atom stereocenters. The molecule has 1 rings (SSSR count). The Morgan fingerprint density at radius 1 is 1.56 bits per heavy atom. The van der Waals surface area contributed by atoms with Crippen molar-refractivity contribution in [3.63, 3.8) is 0 Å². The molecular weight excluding hydrogens is 230 g/mol. The first kappa shape index (κ1) is 13.3. The molecule has 1 aliphatic carbocycles. The second kappa shape index (κ2) is 5.54. The number of carboxylic acid groups (broad SMARTS) is 1. The fraction of sp³-hybridized carbons (Fsp3) is 0.800. The normalized spacial score (nSPS) is 18.9. The van der Waals surface area contributed by atoms with Crippen molar-refractivity contribution >= 4 is 23.7 Å². The average Bonchev–Trinajstić information content (AvgIpc) is 2.97. The van der Waals surface area contributed by atoms with Crippen LogP contribution in [0.4, 0.5) is 0 Å². The smallest absolute Gasteiger partial charge is 0.321 e. The Morgan fingerprint density at radius 2 is 2.19 bits per heavy atom. The van der Waals surface area contributed by atoms with Crippen LogP contribution in [0.1, 0.15) is 19.3 Å². The molecule has 0 amide bonds. The molecule has 0 spiro atoms. The largest absolute Gasteiger partial charge is 0.480 e. The van der Waals surface area contributed by atoms with Crippen LogP contribution in [0, 0.1) is 5.41 Å². The summed E-state index contributed by atoms with van der Waals surface area (Å²) in [5, 5.41) is 8.60. The summed E-state index contributed by atoms with van der Waals surface area (Å²) in [6.07, 6.45) is 2.45. The maximum atomic E-state index is 11.1. The number of esters is 1. The van der Waals surface area contributed by atoms with Crippen molar-refractivity contribution in [2.24, 2.45) is 11.1 Å². The molecule has 1 fully saturated rings. The number of thioether (sulfide) groups is 1. The molecule has 0 bridgehead atoms. The SMILES string of the molecule is COC(=O)CC1(CSCC(N)C(=O)O)CC1. The third-order valence-electron chi connectivity index (χ3n) is 2.73. The van der Waals surface area contributed by atoms with Crippen molar-refractivity contribution in [1.82, 2.24) is 0 Å². The van der Waals surface area contributed by atoms with Gasteiger partial charge in [-0.05, 0) is 24.0 Å². The third-order valence-corrected chi connectivity index (χ3v) is 4.14. The second-order valence-electron chi connectivity index (χ2n) is 4.21. The Balaban J connectivity index is 2.22. The van der Waals surface area contributed by atoms with E-state index in [4.69, 9.17) is 10.8 Å². The molecule has 0 aliphatic heterocycles. The van der Waals surface area contributed by atoms with Gasteiger partial charge in [-0.1, -0.05) is 0 Å². The van der Waals surface area contributed by atoms with Crippen LogP contribution in [-0.4, -0.2) is 41.7 Å². The van der Waals surface area contributed by atoms with E-state index < -0.39 is 12.0 Å². The highest BCUT2D eigenvalue weighted by molar-refractivity contribution is 7.99. The molecule has 1 atom stereocenters. The molecular formula is C10H17NO4S. The van der Waals surface area contributed by atoms with Crippen LogP contribution in [0.25, 0.3) is 0 Å². The molecule has 0 saturated heterocycles. The number of hydrogen-bond acceptors (Lipinski definition) is 5. The first-order valence-corrected chi connectivity index (χ1v) is 6.27. The number of methoxy groups -OCH3 is 1. The minimum absolute atomic E-state index is 0.0377. The number of rotatable bonds is 7. The minimum atomic E-state index is -0.981. The Kier molecular flexibility index (Phi) is 4.61. The van der Waals surface area contributed by atoms with Gasteiger partial charge in [-0.3, -0.25) is 9.59 Å². The van der Waals surface area contributed by atoms with Gasteiger partial charge in [0.2, 0.25) is 0 Å². The standard InChI is InChI=1S/C10H17NO4S/c1-15-8(12)4-10(2-3-10)6-16-5-7(11)9(13)14/h7H,2-6,11H2,1H3,(H,13,14). The van der Waals surface area contributed by atoms with Gasteiger partial charge in [-0.2, -0.15) is 11.8 Å². The van der Waals surface area contributed by atoms with E-state index in [0.29, 0.717) is 12.2 Å². The number of aliphatic carboxylic acids is 1. The van der Waals surface area contributed by atoms with Crippen LogP contribution in [0.3, 0.4) is 0 Å². The van der Waals surface area contributed by atoms with Gasteiger partial charge in [0.1, 0.15) is 6.04 Å². The van der Waals surface area contributed by atoms with Crippen molar-refractivity contribution in [2.45, 2.75) is 25.3 Å². The zero-order chi connectivity index (χ0) is 12.2. The highest BCUT2D eigenvalue weighted by atomic mass is 32.2. The molecule has 0 heterocycles. The van der Waals surface area contributed by atoms with Gasteiger partial charge >= 0.3 is 11.9 Å². The number of carboxylic acids is 1. The highest BCUT2D eigenvalue weighted by Gasteiger charge is 2.44. The van der Waals surface area contributed by atoms with E-state index in [1.54, 1.807) is 0 Å². The van der Waals surface area contributed by atoms with E-state index in [1.807, 2.05) is 0 Å². The summed E-state index contributed by atoms with van der Waals surface area (Å²) in [6.45, 7) is 0. The van der Waals surface area contributed by atoms with E-state index in [9.17, 15) is 9.59 Å². The van der Waals surface area contributed by atoms with E-state index in [-0.39, 0.29) is 11.4 Å². The highest BCUT2D eigenvalue weighted by Crippen LogP contribution is 2.51. The molecule has 6 heteroatoms. The fourth-order valence-corrected chi connectivity index (χ4v) is 2.74. The number of carbonyl (C=O) groups is 2. The minimum Gasteiger partial charge on any atom is -0.480 e. The van der Waals surface area contributed by atoms with Crippen molar-refractivity contribution in [2.75, 3.05) is 18.6 Å². The van der Waals surface area contributed by atoms with Crippen LogP contribution < -0.4 is 5.73 Å². The number of hydrogen-bond donors (Lipinski definition) is 2. The summed E-state index contributed by atoms with van der Waals surface area (Å²) in [4.78, 5) is 21.6. The zero-order valence-electron chi connectivity index (χ0n) is 9.27. The van der Waals surface area contributed by atoms with Crippen LogP contribution in [-0.2, 0) is 14.3 Å². The summed E-state index contributed by atoms with van der Waals surface area (Å²) >= 11 is 1.50. The third kappa shape index (κ3) is 4.02. The lowest BCUT2D eigenvalue weighted by atomic mass is 10.1. The van der Waals surface area contributed by atoms with Gasteiger partial charge in [-0.25, -0.2) is 0 Å². The van der Waals surface area contributed by atoms with Gasteiger partial charge in [0.25, 0.3) is 0 Å². The van der Waals surface area contributed by atoms with Crippen molar-refractivity contribution in [1.29, 1.82) is 0 Å². The Hall–Kier alpha value is -0.750. The first-order chi connectivity index (χ1) is 7.49. The monoisotopic (exact) mass is 247 g/mol. The van der Waals surface area contributed by atoms with E-state index in [0.717, 1.165) is 18.6 Å². The second-order valence-corrected chi connectivity index (χ2v) is 5.24. The maximum Gasteiger partial charge on any atom is 0.321 e. The number of ether oxygens (including phenoxy) is 1. The number of carbonyl (C=O) groups excluding carboxylic acids is 1. The first-order valence-electron chi connectivity index (χ1n) is 5.12. The van der Waals surface area contributed by atoms with Crippen LogP contribution in [0.2, 0.25) is 0 Å². The summed E-state index contributed by atoms with van der Waals surface area (Å²) in [7, 11) is 1.38. The van der Waals surface area contributed by atoms with Gasteiger partial charge in [0.05, 0.1) is 13.5 Å². The summed E-state index contributed by atoms with van der Waals surface area (Å²) < 4.78 is 4.62. The lowest BCUT2D eigenvalue weighted by Gasteiger charge is -2.13. The van der Waals surface area contributed by atoms with Crippen LogP contribution in [0.5, 0.6) is 0 Å². The Bertz CT molecular complexity index is 278. The molecule has 0 aromatic rings. The summed E-state index contributed by atoms with van der Waals surface area (Å²) in [6, 6.07) is -0.820. The van der Waals surface area contributed by atoms with E-state index >= 15 is 0 Å². The van der Waals surface area contributed by atoms with Crippen molar-refractivity contribution < 1.29 is 19.4 Å². The molecule has 1 aliphatic rings. The lowest BCUT2D eigenvalue weighted by molar-refractivity contribution is -0.142. The quantitative estimate of drug-likeness (QED) is 0.636. The summed E-state index contributed by atoms with van der Waals surface area (Å²) in [5.41, 5.74) is 5.42. The Labute approximate surface area is 98.7 Å². The predicted molar refractivity (Wildman–Crippen MR) is 61.2 cm³/mol. The molecule has 1 saturated carbocycles. The van der Waals surface area contributed by atoms with Gasteiger partial charge in [0.15, 0.2) is 0 Å². The van der Waals surface area contributed by atoms with Gasteiger partial charge in [-0.15, -0.1) is 0 Å². The molecule has 0 radical (unpaired) electrons. The van der Waals surface area contributed by atoms with Crippen LogP contribution in [0.15, 0.2) is 0 Å². The van der Waals surface area contributed by atoms with Gasteiger partial charge in [0, 0.05) is 5.75 Å². The van der Waals surface area contributed by atoms with Crippen LogP contribution >= 0.6 is 11.8 Å². The average molecular weight is 247 g/mol. The number of nitrogens with two attached hydrogens (primary N) is 1. The molecule has 3 N–H and O–H groups in total. The van der Waals surface area contributed by atoms with E-state index in [1.165, 1.54) is 18.9 Å². The van der Waals surface area contributed by atoms with E-state index in [2.05, 4.69) is 4.74 Å². The molecule has 0 aromatic heterocycles. The Morgan fingerprint density at radius 3 is 2.62 bits per heavy atom. The van der Waals surface area contributed by atoms with Gasteiger partial charge < -0.3 is 15.6 Å². The lowest BCUT2D eigenvalue weighted by Crippen LogP contribution is -2.32. The molecule has 0 aromatic carbocycles. The van der Waals surface area contributed by atoms with Crippen molar-refractivity contribution in [3.8, 4) is 0 Å². The maximum absolute atomic E-state index is 11.1. The predicted octanol–water partition coefficient (Wildman–Crippen LogP) is 0.475. The topological polar surface area (TPSA) is 89.6 Å². The van der Waals surface area contributed by atoms with Crippen molar-refractivity contribution in [3.05, 3.63) is 0 Å². The zero-order valence-corrected chi connectivity index (χ0v) is 10.1. The molecule has 16 heavy (non-hydrogen) atoms.